The van der Waals surface area contributed by atoms with Crippen LogP contribution in [0.2, 0.25) is 5.02 Å². The molecule has 0 saturated heterocycles. The number of nitriles is 1. The monoisotopic (exact) mass is 385 g/mol. The highest BCUT2D eigenvalue weighted by Crippen LogP contribution is 2.27. The number of rotatable bonds is 6. The minimum absolute atomic E-state index is 0.0449. The van der Waals surface area contributed by atoms with E-state index < -0.39 is 10.8 Å². The number of hydrogen-bond acceptors (Lipinski definition) is 6. The number of nitrogens with one attached hydrogen (secondary N) is 2. The van der Waals surface area contributed by atoms with Crippen LogP contribution in [0.4, 0.5) is 22.7 Å². The van der Waals surface area contributed by atoms with Gasteiger partial charge in [0, 0.05) is 43.4 Å². The molecule has 0 heterocycles. The molecule has 2 aromatic carbocycles. The molecule has 1 amide bonds. The topological polar surface area (TPSA) is 111 Å². The first kappa shape index (κ1) is 19.8. The molecule has 9 heteroatoms. The molecule has 0 unspecified atom stereocenters. The van der Waals surface area contributed by atoms with Crippen molar-refractivity contribution in [2.45, 2.75) is 0 Å². The molecule has 0 bridgehead atoms. The zero-order valence-electron chi connectivity index (χ0n) is 14.6. The van der Waals surface area contributed by atoms with E-state index in [9.17, 15) is 20.2 Å². The zero-order chi connectivity index (χ0) is 20.0. The highest BCUT2D eigenvalue weighted by Gasteiger charge is 2.15. The summed E-state index contributed by atoms with van der Waals surface area (Å²) in [5.74, 6) is -0.703. The lowest BCUT2D eigenvalue weighted by Gasteiger charge is -2.13. The number of nitrogens with zero attached hydrogens (tertiary/aromatic N) is 3. The Balaban J connectivity index is 2.15. The lowest BCUT2D eigenvalue weighted by molar-refractivity contribution is -0.384. The summed E-state index contributed by atoms with van der Waals surface area (Å²) in [6, 6.07) is 13.0. The quantitative estimate of drug-likeness (QED) is 0.339. The minimum atomic E-state index is -0.703. The maximum atomic E-state index is 12.3. The van der Waals surface area contributed by atoms with E-state index in [1.54, 1.807) is 12.1 Å². The van der Waals surface area contributed by atoms with Crippen LogP contribution in [0.5, 0.6) is 0 Å². The van der Waals surface area contributed by atoms with E-state index in [4.69, 9.17) is 11.6 Å². The molecule has 0 radical (unpaired) electrons. The number of benzene rings is 2. The Morgan fingerprint density at radius 3 is 2.63 bits per heavy atom. The fraction of sp³-hybridized carbons (Fsp3) is 0.111. The molecular formula is C18H16ClN5O3. The summed E-state index contributed by atoms with van der Waals surface area (Å²) in [5.41, 5.74) is 1.28. The van der Waals surface area contributed by atoms with E-state index in [2.05, 4.69) is 10.6 Å². The average Bonchev–Trinajstić information content (AvgIpc) is 2.63. The predicted octanol–water partition coefficient (Wildman–Crippen LogP) is 3.77. The van der Waals surface area contributed by atoms with Gasteiger partial charge in [-0.25, -0.2) is 0 Å². The summed E-state index contributed by atoms with van der Waals surface area (Å²) >= 11 is 5.74. The summed E-state index contributed by atoms with van der Waals surface area (Å²) in [6.45, 7) is 0. The van der Waals surface area contributed by atoms with Gasteiger partial charge in [0.1, 0.15) is 16.7 Å². The van der Waals surface area contributed by atoms with Crippen molar-refractivity contribution >= 4 is 40.3 Å². The van der Waals surface area contributed by atoms with E-state index in [0.29, 0.717) is 5.69 Å². The number of carbonyl (C=O) groups is 1. The number of nitro benzene ring substituents is 1. The van der Waals surface area contributed by atoms with Gasteiger partial charge in [0.2, 0.25) is 0 Å². The normalized spacial score (nSPS) is 10.7. The number of carbonyl (C=O) groups excluding carboxylic acids is 1. The molecule has 138 valence electrons. The Morgan fingerprint density at radius 1 is 1.26 bits per heavy atom. The minimum Gasteiger partial charge on any atom is -0.378 e. The van der Waals surface area contributed by atoms with Crippen LogP contribution in [0.15, 0.2) is 54.2 Å². The van der Waals surface area contributed by atoms with Gasteiger partial charge in [-0.2, -0.15) is 5.26 Å². The van der Waals surface area contributed by atoms with Crippen LogP contribution < -0.4 is 15.5 Å². The van der Waals surface area contributed by atoms with Crippen LogP contribution in [-0.4, -0.2) is 24.9 Å². The van der Waals surface area contributed by atoms with E-state index in [1.807, 2.05) is 37.2 Å². The summed E-state index contributed by atoms with van der Waals surface area (Å²) in [7, 11) is 3.79. The maximum Gasteiger partial charge on any atom is 0.289 e. The van der Waals surface area contributed by atoms with Gasteiger partial charge in [0.25, 0.3) is 11.6 Å². The van der Waals surface area contributed by atoms with Gasteiger partial charge < -0.3 is 15.5 Å². The van der Waals surface area contributed by atoms with Crippen LogP contribution in [0.1, 0.15) is 0 Å². The first-order valence-electron chi connectivity index (χ1n) is 7.71. The Hall–Kier alpha value is -3.57. The molecule has 2 aromatic rings. The molecular weight excluding hydrogens is 370 g/mol. The second-order valence-electron chi connectivity index (χ2n) is 5.64. The second-order valence-corrected chi connectivity index (χ2v) is 6.04. The zero-order valence-corrected chi connectivity index (χ0v) is 15.3. The Bertz CT molecular complexity index is 950. The predicted molar refractivity (Wildman–Crippen MR) is 105 cm³/mol. The summed E-state index contributed by atoms with van der Waals surface area (Å²) in [5, 5.41) is 25.4. The van der Waals surface area contributed by atoms with Crippen LogP contribution in [0.3, 0.4) is 0 Å². The van der Waals surface area contributed by atoms with E-state index >= 15 is 0 Å². The SMILES string of the molecule is CN(C)c1cccc(N/C=C(/C#N)C(=O)Nc2ccc(Cl)c([N+](=O)[O-])c2)c1. The molecule has 0 atom stereocenters. The average molecular weight is 386 g/mol. The molecule has 0 aliphatic carbocycles. The molecule has 27 heavy (non-hydrogen) atoms. The first-order chi connectivity index (χ1) is 12.8. The molecule has 0 aliphatic heterocycles. The van der Waals surface area contributed by atoms with Gasteiger partial charge in [0.15, 0.2) is 0 Å². The lowest BCUT2D eigenvalue weighted by atomic mass is 10.2. The molecule has 0 aliphatic rings. The van der Waals surface area contributed by atoms with Crippen molar-refractivity contribution in [3.05, 3.63) is 69.4 Å². The van der Waals surface area contributed by atoms with Gasteiger partial charge in [0.05, 0.1) is 4.92 Å². The van der Waals surface area contributed by atoms with E-state index in [0.717, 1.165) is 11.8 Å². The summed E-state index contributed by atoms with van der Waals surface area (Å²) in [6.07, 6.45) is 1.27. The van der Waals surface area contributed by atoms with Crippen molar-refractivity contribution in [1.29, 1.82) is 5.26 Å². The molecule has 2 N–H and O–H groups in total. The van der Waals surface area contributed by atoms with Gasteiger partial charge in [-0.1, -0.05) is 17.7 Å². The van der Waals surface area contributed by atoms with E-state index in [-0.39, 0.29) is 22.0 Å². The number of halogens is 1. The van der Waals surface area contributed by atoms with Crippen molar-refractivity contribution in [2.24, 2.45) is 0 Å². The van der Waals surface area contributed by atoms with Gasteiger partial charge in [-0.15, -0.1) is 0 Å². The largest absolute Gasteiger partial charge is 0.378 e. The highest BCUT2D eigenvalue weighted by molar-refractivity contribution is 6.32. The van der Waals surface area contributed by atoms with Crippen molar-refractivity contribution < 1.29 is 9.72 Å². The highest BCUT2D eigenvalue weighted by atomic mass is 35.5. The second kappa shape index (κ2) is 8.69. The lowest BCUT2D eigenvalue weighted by Crippen LogP contribution is -2.14. The number of amides is 1. The van der Waals surface area contributed by atoms with Gasteiger partial charge in [-0.3, -0.25) is 14.9 Å². The molecule has 0 aromatic heterocycles. The molecule has 8 nitrogen and oxygen atoms in total. The van der Waals surface area contributed by atoms with Crippen molar-refractivity contribution in [2.75, 3.05) is 29.6 Å². The number of anilines is 3. The first-order valence-corrected chi connectivity index (χ1v) is 8.09. The third kappa shape index (κ3) is 5.20. The standard InChI is InChI=1S/C18H16ClN5O3/c1-23(2)15-5-3-4-13(8-15)21-11-12(10-20)18(25)22-14-6-7-16(19)17(9-14)24(26)27/h3-9,11,21H,1-2H3,(H,22,25)/b12-11-. The number of nitro groups is 1. The summed E-state index contributed by atoms with van der Waals surface area (Å²) in [4.78, 5) is 24.4. The van der Waals surface area contributed by atoms with Gasteiger partial charge >= 0.3 is 0 Å². The van der Waals surface area contributed by atoms with Crippen LogP contribution >= 0.6 is 11.6 Å². The third-order valence-corrected chi connectivity index (χ3v) is 3.83. The van der Waals surface area contributed by atoms with Crippen LogP contribution in [0.25, 0.3) is 0 Å². The third-order valence-electron chi connectivity index (χ3n) is 3.51. The smallest absolute Gasteiger partial charge is 0.289 e. The van der Waals surface area contributed by atoms with Crippen LogP contribution in [-0.2, 0) is 4.79 Å². The van der Waals surface area contributed by atoms with Crippen molar-refractivity contribution in [3.8, 4) is 6.07 Å². The van der Waals surface area contributed by atoms with Crippen molar-refractivity contribution in [3.63, 3.8) is 0 Å². The Labute approximate surface area is 160 Å². The van der Waals surface area contributed by atoms with E-state index in [1.165, 1.54) is 18.3 Å². The molecule has 0 fully saturated rings. The fourth-order valence-corrected chi connectivity index (χ4v) is 2.29. The molecule has 0 spiro atoms. The fourth-order valence-electron chi connectivity index (χ4n) is 2.11. The summed E-state index contributed by atoms with van der Waals surface area (Å²) < 4.78 is 0. The maximum absolute atomic E-state index is 12.3. The molecule has 0 saturated carbocycles. The Morgan fingerprint density at radius 2 is 2.00 bits per heavy atom. The number of hydrogen-bond donors (Lipinski definition) is 2. The van der Waals surface area contributed by atoms with Gasteiger partial charge in [-0.05, 0) is 30.3 Å². The Kier molecular flexibility index (Phi) is 6.36. The van der Waals surface area contributed by atoms with Crippen LogP contribution in [0, 0.1) is 21.4 Å². The molecule has 2 rings (SSSR count). The van der Waals surface area contributed by atoms with Crippen molar-refractivity contribution in [1.82, 2.24) is 0 Å².